The molecule has 1 amide bonds. The Bertz CT molecular complexity index is 396. The fourth-order valence-corrected chi connectivity index (χ4v) is 2.28. The van der Waals surface area contributed by atoms with E-state index in [0.29, 0.717) is 5.76 Å². The number of amides is 1. The number of carbonyl (C=O) groups is 1. The Morgan fingerprint density at radius 2 is 2.24 bits per heavy atom. The summed E-state index contributed by atoms with van der Waals surface area (Å²) >= 11 is 0. The monoisotopic (exact) mass is 231 g/mol. The van der Waals surface area contributed by atoms with Gasteiger partial charge in [0, 0.05) is 5.92 Å². The molecular weight excluding hydrogens is 214 g/mol. The zero-order chi connectivity index (χ0) is 12.1. The quantitative estimate of drug-likeness (QED) is 0.812. The van der Waals surface area contributed by atoms with Gasteiger partial charge in [0.15, 0.2) is 0 Å². The van der Waals surface area contributed by atoms with Crippen LogP contribution in [-0.4, -0.2) is 5.91 Å². The van der Waals surface area contributed by atoms with Crippen molar-refractivity contribution in [2.45, 2.75) is 38.1 Å². The first-order valence-corrected chi connectivity index (χ1v) is 6.11. The second-order valence-corrected chi connectivity index (χ2v) is 4.46. The molecule has 2 rings (SSSR count). The van der Waals surface area contributed by atoms with Crippen LogP contribution in [0.2, 0.25) is 0 Å². The van der Waals surface area contributed by atoms with Crippen molar-refractivity contribution in [1.82, 2.24) is 5.32 Å². The minimum absolute atomic E-state index is 0.0593. The van der Waals surface area contributed by atoms with E-state index in [9.17, 15) is 4.79 Å². The first-order chi connectivity index (χ1) is 8.31. The number of carbonyl (C=O) groups excluding carboxylic acids is 1. The molecule has 0 saturated heterocycles. The van der Waals surface area contributed by atoms with Gasteiger partial charge in [0.05, 0.1) is 6.26 Å². The molecule has 90 valence electrons. The molecule has 1 aliphatic carbocycles. The van der Waals surface area contributed by atoms with E-state index in [4.69, 9.17) is 10.8 Å². The zero-order valence-electron chi connectivity index (χ0n) is 9.82. The third kappa shape index (κ3) is 2.91. The van der Waals surface area contributed by atoms with E-state index in [2.05, 4.69) is 11.2 Å². The first kappa shape index (κ1) is 11.8. The number of hydrogen-bond acceptors (Lipinski definition) is 2. The molecule has 1 aromatic rings. The van der Waals surface area contributed by atoms with Crippen molar-refractivity contribution >= 4 is 5.91 Å². The standard InChI is InChI=1S/C14H17NO2/c1-2-12(13-9-6-10-17-13)15-14(16)11-7-4-3-5-8-11/h1,6,9-12H,3-5,7-8H2,(H,15,16). The van der Waals surface area contributed by atoms with Crippen LogP contribution in [-0.2, 0) is 4.79 Å². The highest BCUT2D eigenvalue weighted by atomic mass is 16.3. The summed E-state index contributed by atoms with van der Waals surface area (Å²) in [6.07, 6.45) is 12.4. The third-order valence-electron chi connectivity index (χ3n) is 3.26. The fraction of sp³-hybridized carbons (Fsp3) is 0.500. The number of rotatable bonds is 3. The molecule has 1 aliphatic rings. The lowest BCUT2D eigenvalue weighted by molar-refractivity contribution is -0.126. The highest BCUT2D eigenvalue weighted by Gasteiger charge is 2.23. The van der Waals surface area contributed by atoms with E-state index in [0.717, 1.165) is 25.7 Å². The number of nitrogens with one attached hydrogen (secondary N) is 1. The molecule has 1 N–H and O–H groups in total. The van der Waals surface area contributed by atoms with Crippen LogP contribution in [0, 0.1) is 18.3 Å². The Balaban J connectivity index is 1.95. The second kappa shape index (κ2) is 5.58. The molecule has 0 aliphatic heterocycles. The van der Waals surface area contributed by atoms with Gasteiger partial charge in [0.2, 0.25) is 5.91 Å². The second-order valence-electron chi connectivity index (χ2n) is 4.46. The highest BCUT2D eigenvalue weighted by molar-refractivity contribution is 5.79. The summed E-state index contributed by atoms with van der Waals surface area (Å²) in [6, 6.07) is 3.11. The van der Waals surface area contributed by atoms with Gasteiger partial charge in [-0.25, -0.2) is 0 Å². The van der Waals surface area contributed by atoms with Crippen LogP contribution in [0.5, 0.6) is 0 Å². The molecule has 1 aromatic heterocycles. The Morgan fingerprint density at radius 3 is 2.82 bits per heavy atom. The van der Waals surface area contributed by atoms with Crippen LogP contribution in [0.25, 0.3) is 0 Å². The van der Waals surface area contributed by atoms with Gasteiger partial charge in [-0.15, -0.1) is 6.42 Å². The Morgan fingerprint density at radius 1 is 1.47 bits per heavy atom. The van der Waals surface area contributed by atoms with Crippen LogP contribution < -0.4 is 5.32 Å². The maximum absolute atomic E-state index is 12.0. The van der Waals surface area contributed by atoms with Gasteiger partial charge in [-0.05, 0) is 25.0 Å². The predicted molar refractivity (Wildman–Crippen MR) is 65.0 cm³/mol. The van der Waals surface area contributed by atoms with Gasteiger partial charge in [0.1, 0.15) is 11.8 Å². The van der Waals surface area contributed by atoms with Gasteiger partial charge < -0.3 is 9.73 Å². The summed E-state index contributed by atoms with van der Waals surface area (Å²) in [5.74, 6) is 3.35. The van der Waals surface area contributed by atoms with Crippen molar-refractivity contribution in [3.63, 3.8) is 0 Å². The van der Waals surface area contributed by atoms with Crippen molar-refractivity contribution in [1.29, 1.82) is 0 Å². The topological polar surface area (TPSA) is 42.2 Å². The third-order valence-corrected chi connectivity index (χ3v) is 3.26. The molecule has 1 atom stereocenters. The molecule has 17 heavy (non-hydrogen) atoms. The maximum Gasteiger partial charge on any atom is 0.224 e. The predicted octanol–water partition coefficient (Wildman–Crippen LogP) is 2.65. The van der Waals surface area contributed by atoms with E-state index in [1.54, 1.807) is 18.4 Å². The number of hydrogen-bond donors (Lipinski definition) is 1. The van der Waals surface area contributed by atoms with Gasteiger partial charge >= 0.3 is 0 Å². The van der Waals surface area contributed by atoms with E-state index < -0.39 is 6.04 Å². The molecule has 0 bridgehead atoms. The van der Waals surface area contributed by atoms with Gasteiger partial charge in [-0.3, -0.25) is 4.79 Å². The van der Waals surface area contributed by atoms with Crippen LogP contribution in [0.3, 0.4) is 0 Å². The fourth-order valence-electron chi connectivity index (χ4n) is 2.28. The molecule has 1 fully saturated rings. The van der Waals surface area contributed by atoms with Crippen LogP contribution in [0.15, 0.2) is 22.8 Å². The van der Waals surface area contributed by atoms with E-state index >= 15 is 0 Å². The molecule has 1 saturated carbocycles. The average molecular weight is 231 g/mol. The van der Waals surface area contributed by atoms with Crippen molar-refractivity contribution in [2.24, 2.45) is 5.92 Å². The normalized spacial score (nSPS) is 18.3. The van der Waals surface area contributed by atoms with E-state index in [-0.39, 0.29) is 11.8 Å². The molecule has 1 unspecified atom stereocenters. The van der Waals surface area contributed by atoms with Gasteiger partial charge in [-0.2, -0.15) is 0 Å². The van der Waals surface area contributed by atoms with Crippen LogP contribution >= 0.6 is 0 Å². The summed E-state index contributed by atoms with van der Waals surface area (Å²) in [5, 5.41) is 2.87. The summed E-state index contributed by atoms with van der Waals surface area (Å²) < 4.78 is 5.22. The Labute approximate surface area is 102 Å². The summed E-state index contributed by atoms with van der Waals surface area (Å²) in [4.78, 5) is 12.0. The van der Waals surface area contributed by atoms with Crippen LogP contribution in [0.4, 0.5) is 0 Å². The highest BCUT2D eigenvalue weighted by Crippen LogP contribution is 2.24. The minimum atomic E-state index is -0.445. The molecule has 3 heteroatoms. The maximum atomic E-state index is 12.0. The smallest absolute Gasteiger partial charge is 0.224 e. The van der Waals surface area contributed by atoms with Crippen molar-refractivity contribution in [2.75, 3.05) is 0 Å². The first-order valence-electron chi connectivity index (χ1n) is 6.11. The van der Waals surface area contributed by atoms with Crippen molar-refractivity contribution < 1.29 is 9.21 Å². The molecule has 0 radical (unpaired) electrons. The van der Waals surface area contributed by atoms with Crippen LogP contribution in [0.1, 0.15) is 43.9 Å². The summed E-state index contributed by atoms with van der Waals surface area (Å²) in [6.45, 7) is 0. The lowest BCUT2D eigenvalue weighted by Crippen LogP contribution is -2.34. The summed E-state index contributed by atoms with van der Waals surface area (Å²) in [7, 11) is 0. The average Bonchev–Trinajstić information content (AvgIpc) is 2.90. The zero-order valence-corrected chi connectivity index (χ0v) is 9.82. The lowest BCUT2D eigenvalue weighted by atomic mass is 9.88. The van der Waals surface area contributed by atoms with E-state index in [1.165, 1.54) is 6.42 Å². The molecule has 3 nitrogen and oxygen atoms in total. The van der Waals surface area contributed by atoms with Gasteiger partial charge in [-0.1, -0.05) is 25.2 Å². The van der Waals surface area contributed by atoms with Gasteiger partial charge in [0.25, 0.3) is 0 Å². The van der Waals surface area contributed by atoms with E-state index in [1.807, 2.05) is 0 Å². The Kier molecular flexibility index (Phi) is 3.87. The molecular formula is C14H17NO2. The molecule has 0 aromatic carbocycles. The summed E-state index contributed by atoms with van der Waals surface area (Å²) in [5.41, 5.74) is 0. The lowest BCUT2D eigenvalue weighted by Gasteiger charge is -2.22. The molecule has 1 heterocycles. The Hall–Kier alpha value is -1.69. The largest absolute Gasteiger partial charge is 0.466 e. The number of furan rings is 1. The number of terminal acetylenes is 1. The SMILES string of the molecule is C#CC(NC(=O)C1CCCCC1)c1ccco1. The van der Waals surface area contributed by atoms with Crippen molar-refractivity contribution in [3.8, 4) is 12.3 Å². The molecule has 0 spiro atoms. The van der Waals surface area contributed by atoms with Crippen molar-refractivity contribution in [3.05, 3.63) is 24.2 Å². The minimum Gasteiger partial charge on any atom is -0.466 e.